The highest BCUT2D eigenvalue weighted by Crippen LogP contribution is 2.23. The van der Waals surface area contributed by atoms with Gasteiger partial charge < -0.3 is 5.73 Å². The van der Waals surface area contributed by atoms with E-state index in [1.54, 1.807) is 16.8 Å². The molecule has 0 radical (unpaired) electrons. The number of anilines is 1. The summed E-state index contributed by atoms with van der Waals surface area (Å²) in [6.07, 6.45) is 1.16. The third kappa shape index (κ3) is 2.77. The molecule has 1 aromatic heterocycles. The van der Waals surface area contributed by atoms with Crippen LogP contribution < -0.4 is 5.73 Å². The standard InChI is InChI=1S/C15H18BrN3O/c1-4-12-15(16)13(19(3)18-12)8-14(20)10-5-6-11(17)9(2)7-10/h5-7H,4,8,17H2,1-3H3. The number of Topliss-reactive ketones (excluding diaryl/α,β-unsaturated/α-hetero) is 1. The molecule has 2 rings (SSSR count). The van der Waals surface area contributed by atoms with Crippen LogP contribution in [0, 0.1) is 6.92 Å². The molecule has 0 spiro atoms. The van der Waals surface area contributed by atoms with Gasteiger partial charge in [0.25, 0.3) is 0 Å². The van der Waals surface area contributed by atoms with Gasteiger partial charge in [0.1, 0.15) is 0 Å². The molecule has 0 saturated heterocycles. The molecule has 0 aliphatic heterocycles. The van der Waals surface area contributed by atoms with Crippen molar-refractivity contribution in [3.05, 3.63) is 45.2 Å². The van der Waals surface area contributed by atoms with Crippen LogP contribution in [0.2, 0.25) is 0 Å². The van der Waals surface area contributed by atoms with Gasteiger partial charge >= 0.3 is 0 Å². The van der Waals surface area contributed by atoms with Crippen molar-refractivity contribution in [2.24, 2.45) is 7.05 Å². The van der Waals surface area contributed by atoms with E-state index in [0.717, 1.165) is 27.8 Å². The second-order valence-corrected chi connectivity index (χ2v) is 5.65. The summed E-state index contributed by atoms with van der Waals surface area (Å²) in [6, 6.07) is 5.39. The van der Waals surface area contributed by atoms with Crippen LogP contribution >= 0.6 is 15.9 Å². The Morgan fingerprint density at radius 2 is 2.15 bits per heavy atom. The Bertz CT molecular complexity index is 661. The zero-order chi connectivity index (χ0) is 14.9. The molecule has 4 nitrogen and oxygen atoms in total. The Labute approximate surface area is 127 Å². The van der Waals surface area contributed by atoms with Crippen molar-refractivity contribution in [1.82, 2.24) is 9.78 Å². The quantitative estimate of drug-likeness (QED) is 0.689. The highest BCUT2D eigenvalue weighted by molar-refractivity contribution is 9.10. The summed E-state index contributed by atoms with van der Waals surface area (Å²) in [4.78, 5) is 12.4. The predicted octanol–water partition coefficient (Wildman–Crippen LogP) is 3.06. The Morgan fingerprint density at radius 1 is 1.45 bits per heavy atom. The Morgan fingerprint density at radius 3 is 2.70 bits per heavy atom. The van der Waals surface area contributed by atoms with Crippen LogP contribution in [-0.2, 0) is 19.9 Å². The van der Waals surface area contributed by atoms with Gasteiger partial charge in [0.15, 0.2) is 5.78 Å². The van der Waals surface area contributed by atoms with Gasteiger partial charge in [0.05, 0.1) is 22.3 Å². The van der Waals surface area contributed by atoms with E-state index in [9.17, 15) is 4.79 Å². The number of nitrogens with two attached hydrogens (primary N) is 1. The second kappa shape index (κ2) is 5.79. The molecule has 0 aliphatic rings. The molecule has 1 heterocycles. The molecule has 0 atom stereocenters. The van der Waals surface area contributed by atoms with Crippen molar-refractivity contribution in [1.29, 1.82) is 0 Å². The summed E-state index contributed by atoms with van der Waals surface area (Å²) in [5.74, 6) is 0.0689. The molecule has 0 saturated carbocycles. The fourth-order valence-corrected chi connectivity index (χ4v) is 2.87. The van der Waals surface area contributed by atoms with Gasteiger partial charge in [-0.3, -0.25) is 9.48 Å². The number of halogens is 1. The fourth-order valence-electron chi connectivity index (χ4n) is 2.12. The van der Waals surface area contributed by atoms with Gasteiger partial charge in [-0.1, -0.05) is 6.92 Å². The number of carbonyl (C=O) groups is 1. The summed E-state index contributed by atoms with van der Waals surface area (Å²) in [5.41, 5.74) is 9.97. The molecule has 106 valence electrons. The van der Waals surface area contributed by atoms with Crippen LogP contribution in [0.15, 0.2) is 22.7 Å². The lowest BCUT2D eigenvalue weighted by atomic mass is 10.0. The number of aromatic nitrogens is 2. The maximum atomic E-state index is 12.4. The molecule has 5 heteroatoms. The first-order valence-electron chi connectivity index (χ1n) is 6.53. The molecule has 0 aliphatic carbocycles. The minimum Gasteiger partial charge on any atom is -0.399 e. The summed E-state index contributed by atoms with van der Waals surface area (Å²) < 4.78 is 2.70. The molecule has 2 aromatic rings. The molecule has 1 aromatic carbocycles. The van der Waals surface area contributed by atoms with Gasteiger partial charge in [-0.2, -0.15) is 5.10 Å². The van der Waals surface area contributed by atoms with Crippen LogP contribution in [0.5, 0.6) is 0 Å². The van der Waals surface area contributed by atoms with Crippen LogP contribution in [-0.4, -0.2) is 15.6 Å². The number of hydrogen-bond donors (Lipinski definition) is 1. The third-order valence-corrected chi connectivity index (χ3v) is 4.34. The van der Waals surface area contributed by atoms with E-state index in [0.29, 0.717) is 17.7 Å². The van der Waals surface area contributed by atoms with Crippen molar-refractivity contribution >= 4 is 27.4 Å². The topological polar surface area (TPSA) is 60.9 Å². The average Bonchev–Trinajstić information content (AvgIpc) is 2.69. The minimum absolute atomic E-state index is 0.0689. The fraction of sp³-hybridized carbons (Fsp3) is 0.333. The number of nitrogen functional groups attached to an aromatic ring is 1. The molecule has 0 amide bonds. The Hall–Kier alpha value is -1.62. The SMILES string of the molecule is CCc1nn(C)c(CC(=O)c2ccc(N)c(C)c2)c1Br. The number of hydrogen-bond acceptors (Lipinski definition) is 3. The summed E-state index contributed by atoms with van der Waals surface area (Å²) >= 11 is 3.53. The van der Waals surface area contributed by atoms with Crippen LogP contribution in [0.25, 0.3) is 0 Å². The lowest BCUT2D eigenvalue weighted by Gasteiger charge is -2.05. The molecular formula is C15H18BrN3O. The third-order valence-electron chi connectivity index (χ3n) is 3.42. The zero-order valence-corrected chi connectivity index (χ0v) is 13.5. The first-order chi connectivity index (χ1) is 9.43. The average molecular weight is 336 g/mol. The Balaban J connectivity index is 2.28. The van der Waals surface area contributed by atoms with E-state index in [1.165, 1.54) is 0 Å². The lowest BCUT2D eigenvalue weighted by Crippen LogP contribution is -2.09. The van der Waals surface area contributed by atoms with Gasteiger partial charge in [-0.25, -0.2) is 0 Å². The molecule has 20 heavy (non-hydrogen) atoms. The van der Waals surface area contributed by atoms with Crippen LogP contribution in [0.1, 0.15) is 34.2 Å². The van der Waals surface area contributed by atoms with Gasteiger partial charge in [-0.05, 0) is 53.0 Å². The molecule has 0 unspecified atom stereocenters. The first kappa shape index (κ1) is 14.8. The van der Waals surface area contributed by atoms with Crippen molar-refractivity contribution in [2.45, 2.75) is 26.7 Å². The number of ketones is 1. The van der Waals surface area contributed by atoms with Crippen LogP contribution in [0.4, 0.5) is 5.69 Å². The molecular weight excluding hydrogens is 318 g/mol. The summed E-state index contributed by atoms with van der Waals surface area (Å²) in [6.45, 7) is 3.95. The zero-order valence-electron chi connectivity index (χ0n) is 11.9. The number of carbonyl (C=O) groups excluding carboxylic acids is 1. The number of benzene rings is 1. The second-order valence-electron chi connectivity index (χ2n) is 4.86. The summed E-state index contributed by atoms with van der Waals surface area (Å²) in [7, 11) is 1.86. The maximum absolute atomic E-state index is 12.4. The van der Waals surface area contributed by atoms with Gasteiger partial charge in [0.2, 0.25) is 0 Å². The van der Waals surface area contributed by atoms with E-state index in [-0.39, 0.29) is 5.78 Å². The van der Waals surface area contributed by atoms with Crippen LogP contribution in [0.3, 0.4) is 0 Å². The van der Waals surface area contributed by atoms with E-state index < -0.39 is 0 Å². The highest BCUT2D eigenvalue weighted by Gasteiger charge is 2.17. The predicted molar refractivity (Wildman–Crippen MR) is 83.9 cm³/mol. The van der Waals surface area contributed by atoms with E-state index in [2.05, 4.69) is 21.0 Å². The minimum atomic E-state index is 0.0689. The Kier molecular flexibility index (Phi) is 4.28. The van der Waals surface area contributed by atoms with Crippen molar-refractivity contribution in [3.8, 4) is 0 Å². The van der Waals surface area contributed by atoms with E-state index in [1.807, 2.05) is 27.0 Å². The van der Waals surface area contributed by atoms with Crippen molar-refractivity contribution < 1.29 is 4.79 Å². The monoisotopic (exact) mass is 335 g/mol. The van der Waals surface area contributed by atoms with Crippen molar-refractivity contribution in [3.63, 3.8) is 0 Å². The summed E-state index contributed by atoms with van der Waals surface area (Å²) in [5, 5.41) is 4.40. The largest absolute Gasteiger partial charge is 0.399 e. The molecule has 0 fully saturated rings. The first-order valence-corrected chi connectivity index (χ1v) is 7.33. The smallest absolute Gasteiger partial charge is 0.168 e. The lowest BCUT2D eigenvalue weighted by molar-refractivity contribution is 0.0990. The number of nitrogens with zero attached hydrogens (tertiary/aromatic N) is 2. The number of aryl methyl sites for hydroxylation is 3. The van der Waals surface area contributed by atoms with Gasteiger partial charge in [-0.15, -0.1) is 0 Å². The molecule has 2 N–H and O–H groups in total. The van der Waals surface area contributed by atoms with E-state index >= 15 is 0 Å². The maximum Gasteiger partial charge on any atom is 0.168 e. The normalized spacial score (nSPS) is 10.8. The van der Waals surface area contributed by atoms with Gasteiger partial charge in [0, 0.05) is 18.3 Å². The molecule has 0 bridgehead atoms. The van der Waals surface area contributed by atoms with E-state index in [4.69, 9.17) is 5.73 Å². The number of rotatable bonds is 4. The highest BCUT2D eigenvalue weighted by atomic mass is 79.9. The van der Waals surface area contributed by atoms with Crippen molar-refractivity contribution in [2.75, 3.05) is 5.73 Å².